The SMILES string of the molecule is C=C(CNCc1ccccc1C(F)(F)F)c1ccccc1. The maximum absolute atomic E-state index is 12.9. The number of hydrogen-bond donors (Lipinski definition) is 1. The summed E-state index contributed by atoms with van der Waals surface area (Å²) in [5.74, 6) is 0. The molecule has 0 unspecified atom stereocenters. The lowest BCUT2D eigenvalue weighted by Crippen LogP contribution is -2.19. The number of nitrogens with one attached hydrogen (secondary N) is 1. The van der Waals surface area contributed by atoms with Crippen molar-refractivity contribution in [3.63, 3.8) is 0 Å². The fourth-order valence-corrected chi connectivity index (χ4v) is 2.07. The molecule has 0 saturated heterocycles. The number of alkyl halides is 3. The predicted molar refractivity (Wildman–Crippen MR) is 78.6 cm³/mol. The van der Waals surface area contributed by atoms with E-state index in [9.17, 15) is 13.2 Å². The van der Waals surface area contributed by atoms with Crippen molar-refractivity contribution in [1.82, 2.24) is 5.32 Å². The van der Waals surface area contributed by atoms with Crippen molar-refractivity contribution in [2.24, 2.45) is 0 Å². The second kappa shape index (κ2) is 6.59. The van der Waals surface area contributed by atoms with Gasteiger partial charge in [-0.25, -0.2) is 0 Å². The van der Waals surface area contributed by atoms with Gasteiger partial charge in [0.15, 0.2) is 0 Å². The monoisotopic (exact) mass is 291 g/mol. The minimum Gasteiger partial charge on any atom is -0.309 e. The van der Waals surface area contributed by atoms with Gasteiger partial charge in [-0.05, 0) is 22.8 Å². The van der Waals surface area contributed by atoms with Crippen molar-refractivity contribution in [2.45, 2.75) is 12.7 Å². The Morgan fingerprint density at radius 1 is 0.952 bits per heavy atom. The summed E-state index contributed by atoms with van der Waals surface area (Å²) in [5.41, 5.74) is 1.47. The maximum Gasteiger partial charge on any atom is 0.416 e. The Morgan fingerprint density at radius 2 is 1.57 bits per heavy atom. The lowest BCUT2D eigenvalue weighted by Gasteiger charge is -2.14. The number of halogens is 3. The number of hydrogen-bond acceptors (Lipinski definition) is 1. The zero-order valence-electron chi connectivity index (χ0n) is 11.5. The summed E-state index contributed by atoms with van der Waals surface area (Å²) in [6.45, 7) is 4.54. The Kier molecular flexibility index (Phi) is 4.81. The van der Waals surface area contributed by atoms with Crippen LogP contribution >= 0.6 is 0 Å². The molecule has 21 heavy (non-hydrogen) atoms. The molecule has 4 heteroatoms. The van der Waals surface area contributed by atoms with E-state index >= 15 is 0 Å². The Labute approximate surface area is 122 Å². The normalized spacial score (nSPS) is 11.4. The van der Waals surface area contributed by atoms with Crippen molar-refractivity contribution in [3.8, 4) is 0 Å². The van der Waals surface area contributed by atoms with Gasteiger partial charge < -0.3 is 5.32 Å². The van der Waals surface area contributed by atoms with Crippen LogP contribution in [0.1, 0.15) is 16.7 Å². The third-order valence-electron chi connectivity index (χ3n) is 3.16. The fraction of sp³-hybridized carbons (Fsp3) is 0.176. The third kappa shape index (κ3) is 4.20. The van der Waals surface area contributed by atoms with E-state index in [1.54, 1.807) is 6.07 Å². The van der Waals surface area contributed by atoms with Gasteiger partial charge in [0.25, 0.3) is 0 Å². The van der Waals surface area contributed by atoms with E-state index in [1.165, 1.54) is 12.1 Å². The van der Waals surface area contributed by atoms with E-state index in [4.69, 9.17) is 0 Å². The lowest BCUT2D eigenvalue weighted by atomic mass is 10.1. The second-order valence-electron chi connectivity index (χ2n) is 4.73. The fourth-order valence-electron chi connectivity index (χ4n) is 2.07. The smallest absolute Gasteiger partial charge is 0.309 e. The highest BCUT2D eigenvalue weighted by Gasteiger charge is 2.32. The van der Waals surface area contributed by atoms with E-state index in [0.29, 0.717) is 6.54 Å². The van der Waals surface area contributed by atoms with Gasteiger partial charge in [0.1, 0.15) is 0 Å². The summed E-state index contributed by atoms with van der Waals surface area (Å²) in [6, 6.07) is 15.2. The quantitative estimate of drug-likeness (QED) is 0.854. The maximum atomic E-state index is 12.9. The molecule has 0 aromatic heterocycles. The highest BCUT2D eigenvalue weighted by molar-refractivity contribution is 5.64. The summed E-state index contributed by atoms with van der Waals surface area (Å²) in [6.07, 6.45) is -4.32. The molecular formula is C17H16F3N. The van der Waals surface area contributed by atoms with Gasteiger partial charge in [-0.2, -0.15) is 13.2 Å². The molecule has 0 aliphatic rings. The van der Waals surface area contributed by atoms with Crippen molar-refractivity contribution in [2.75, 3.05) is 6.54 Å². The van der Waals surface area contributed by atoms with Gasteiger partial charge in [0, 0.05) is 13.1 Å². The predicted octanol–water partition coefficient (Wildman–Crippen LogP) is 4.51. The van der Waals surface area contributed by atoms with Crippen LogP contribution in [0, 0.1) is 0 Å². The van der Waals surface area contributed by atoms with Crippen LogP contribution in [0.15, 0.2) is 61.2 Å². The number of benzene rings is 2. The summed E-state index contributed by atoms with van der Waals surface area (Å²) in [7, 11) is 0. The van der Waals surface area contributed by atoms with Gasteiger partial charge in [0.2, 0.25) is 0 Å². The van der Waals surface area contributed by atoms with E-state index < -0.39 is 11.7 Å². The van der Waals surface area contributed by atoms with Crippen molar-refractivity contribution < 1.29 is 13.2 Å². The third-order valence-corrected chi connectivity index (χ3v) is 3.16. The van der Waals surface area contributed by atoms with Gasteiger partial charge >= 0.3 is 6.18 Å². The minimum absolute atomic E-state index is 0.154. The molecule has 0 fully saturated rings. The molecule has 1 nitrogen and oxygen atoms in total. The molecule has 2 rings (SSSR count). The Morgan fingerprint density at radius 3 is 2.24 bits per heavy atom. The van der Waals surface area contributed by atoms with Crippen molar-refractivity contribution >= 4 is 5.57 Å². The topological polar surface area (TPSA) is 12.0 Å². The molecule has 0 amide bonds. The van der Waals surface area contributed by atoms with Crippen LogP contribution < -0.4 is 5.32 Å². The van der Waals surface area contributed by atoms with E-state index in [2.05, 4.69) is 11.9 Å². The average molecular weight is 291 g/mol. The van der Waals surface area contributed by atoms with Crippen LogP contribution in [0.5, 0.6) is 0 Å². The Bertz CT molecular complexity index is 603. The highest BCUT2D eigenvalue weighted by atomic mass is 19.4. The summed E-state index contributed by atoms with van der Waals surface area (Å²) in [5, 5.41) is 3.01. The highest BCUT2D eigenvalue weighted by Crippen LogP contribution is 2.31. The van der Waals surface area contributed by atoms with Crippen LogP contribution in [0.4, 0.5) is 13.2 Å². The van der Waals surface area contributed by atoms with Crippen LogP contribution in [-0.4, -0.2) is 6.54 Å². The van der Waals surface area contributed by atoms with Gasteiger partial charge in [-0.3, -0.25) is 0 Å². The molecule has 110 valence electrons. The molecule has 1 N–H and O–H groups in total. The molecule has 0 atom stereocenters. The van der Waals surface area contributed by atoms with Gasteiger partial charge in [-0.1, -0.05) is 55.1 Å². The molecular weight excluding hydrogens is 275 g/mol. The van der Waals surface area contributed by atoms with Crippen molar-refractivity contribution in [1.29, 1.82) is 0 Å². The molecule has 0 radical (unpaired) electrons. The molecule has 2 aromatic rings. The molecule has 0 heterocycles. The Balaban J connectivity index is 1.97. The Hall–Kier alpha value is -2.07. The number of rotatable bonds is 5. The molecule has 0 aliphatic carbocycles. The van der Waals surface area contributed by atoms with E-state index in [0.717, 1.165) is 17.2 Å². The van der Waals surface area contributed by atoms with Crippen LogP contribution in [-0.2, 0) is 12.7 Å². The zero-order valence-corrected chi connectivity index (χ0v) is 11.5. The molecule has 0 bridgehead atoms. The first-order chi connectivity index (χ1) is 9.98. The standard InChI is InChI=1S/C17H16F3N/c1-13(14-7-3-2-4-8-14)11-21-12-15-9-5-6-10-16(15)17(18,19)20/h2-10,21H,1,11-12H2. The summed E-state index contributed by atoms with van der Waals surface area (Å²) < 4.78 is 38.6. The molecule has 0 aliphatic heterocycles. The summed E-state index contributed by atoms with van der Waals surface area (Å²) in [4.78, 5) is 0. The summed E-state index contributed by atoms with van der Waals surface area (Å²) >= 11 is 0. The molecule has 2 aromatic carbocycles. The average Bonchev–Trinajstić information content (AvgIpc) is 2.47. The first-order valence-electron chi connectivity index (χ1n) is 6.57. The van der Waals surface area contributed by atoms with Crippen LogP contribution in [0.3, 0.4) is 0 Å². The van der Waals surface area contributed by atoms with Crippen molar-refractivity contribution in [3.05, 3.63) is 77.9 Å². The second-order valence-corrected chi connectivity index (χ2v) is 4.73. The van der Waals surface area contributed by atoms with E-state index in [-0.39, 0.29) is 12.1 Å². The largest absolute Gasteiger partial charge is 0.416 e. The molecule has 0 spiro atoms. The first-order valence-corrected chi connectivity index (χ1v) is 6.57. The lowest BCUT2D eigenvalue weighted by molar-refractivity contribution is -0.138. The van der Waals surface area contributed by atoms with Gasteiger partial charge in [0.05, 0.1) is 5.56 Å². The van der Waals surface area contributed by atoms with E-state index in [1.807, 2.05) is 30.3 Å². The van der Waals surface area contributed by atoms with Gasteiger partial charge in [-0.15, -0.1) is 0 Å². The van der Waals surface area contributed by atoms with Crippen LogP contribution in [0.2, 0.25) is 0 Å². The van der Waals surface area contributed by atoms with Crippen LogP contribution in [0.25, 0.3) is 5.57 Å². The molecule has 0 saturated carbocycles. The minimum atomic E-state index is -4.32. The zero-order chi connectivity index (χ0) is 15.3. The first kappa shape index (κ1) is 15.3.